The topological polar surface area (TPSA) is 41.1 Å². The van der Waals surface area contributed by atoms with E-state index < -0.39 is 0 Å². The van der Waals surface area contributed by atoms with Crippen LogP contribution in [0.3, 0.4) is 0 Å². The third-order valence-electron chi connectivity index (χ3n) is 4.16. The Morgan fingerprint density at radius 3 is 2.71 bits per heavy atom. The fraction of sp³-hybridized carbons (Fsp3) is 0.500. The zero-order valence-electron chi connectivity index (χ0n) is 9.91. The molecule has 0 aromatic heterocycles. The average molecular weight is 230 g/mol. The van der Waals surface area contributed by atoms with Gasteiger partial charge in [0.1, 0.15) is 0 Å². The van der Waals surface area contributed by atoms with Gasteiger partial charge in [-0.15, -0.1) is 0 Å². The molecule has 1 saturated heterocycles. The molecule has 2 aliphatic rings. The summed E-state index contributed by atoms with van der Waals surface area (Å²) in [5.41, 5.74) is 1.31. The van der Waals surface area contributed by atoms with Gasteiger partial charge in [0.2, 0.25) is 0 Å². The summed E-state index contributed by atoms with van der Waals surface area (Å²) in [6, 6.07) is 10.6. The molecular formula is C14H18N2O. The molecule has 1 aliphatic heterocycles. The summed E-state index contributed by atoms with van der Waals surface area (Å²) < 4.78 is 0. The van der Waals surface area contributed by atoms with Crippen LogP contribution in [0.5, 0.6) is 0 Å². The van der Waals surface area contributed by atoms with Gasteiger partial charge in [0, 0.05) is 12.5 Å². The number of carbonyl (C=O) groups excluding carboxylic acids is 1. The number of nitrogens with one attached hydrogen (secondary N) is 2. The van der Waals surface area contributed by atoms with Crippen LogP contribution in [0.25, 0.3) is 0 Å². The van der Waals surface area contributed by atoms with Gasteiger partial charge in [0.05, 0.1) is 5.54 Å². The minimum atomic E-state index is -0.0450. The van der Waals surface area contributed by atoms with Crippen LogP contribution in [0.2, 0.25) is 0 Å². The smallest absolute Gasteiger partial charge is 0.315 e. The molecule has 1 heterocycles. The number of benzene rings is 1. The first-order valence-electron chi connectivity index (χ1n) is 6.41. The lowest BCUT2D eigenvalue weighted by atomic mass is 9.70. The van der Waals surface area contributed by atoms with E-state index in [1.54, 1.807) is 0 Å². The normalized spacial score (nSPS) is 32.2. The fourth-order valence-corrected chi connectivity index (χ4v) is 3.32. The van der Waals surface area contributed by atoms with E-state index in [2.05, 4.69) is 34.9 Å². The molecule has 1 saturated carbocycles. The Morgan fingerprint density at radius 1 is 1.18 bits per heavy atom. The quantitative estimate of drug-likeness (QED) is 0.764. The zero-order valence-corrected chi connectivity index (χ0v) is 9.91. The third-order valence-corrected chi connectivity index (χ3v) is 4.16. The molecule has 90 valence electrons. The van der Waals surface area contributed by atoms with E-state index in [-0.39, 0.29) is 11.6 Å². The molecule has 2 amide bonds. The Morgan fingerprint density at radius 2 is 2.00 bits per heavy atom. The number of rotatable bonds is 1. The van der Waals surface area contributed by atoms with Crippen molar-refractivity contribution in [2.45, 2.75) is 37.1 Å². The van der Waals surface area contributed by atoms with E-state index in [0.717, 1.165) is 13.0 Å². The van der Waals surface area contributed by atoms with Gasteiger partial charge in [0.15, 0.2) is 0 Å². The molecule has 2 unspecified atom stereocenters. The van der Waals surface area contributed by atoms with Gasteiger partial charge in [0.25, 0.3) is 0 Å². The van der Waals surface area contributed by atoms with E-state index in [4.69, 9.17) is 0 Å². The molecule has 1 spiro atoms. The van der Waals surface area contributed by atoms with Crippen LogP contribution < -0.4 is 10.6 Å². The number of urea groups is 1. The van der Waals surface area contributed by atoms with Crippen molar-refractivity contribution in [2.75, 3.05) is 6.54 Å². The number of hydrogen-bond donors (Lipinski definition) is 2. The molecule has 1 aromatic rings. The summed E-state index contributed by atoms with van der Waals surface area (Å²) in [5, 5.41) is 6.10. The predicted octanol–water partition coefficient (Wildman–Crippen LogP) is 2.40. The largest absolute Gasteiger partial charge is 0.336 e. The lowest BCUT2D eigenvalue weighted by Gasteiger charge is -2.40. The maximum absolute atomic E-state index is 11.5. The van der Waals surface area contributed by atoms with Gasteiger partial charge in [-0.1, -0.05) is 43.2 Å². The number of hydrogen-bond acceptors (Lipinski definition) is 1. The summed E-state index contributed by atoms with van der Waals surface area (Å²) in [6.45, 7) is 0.769. The third kappa shape index (κ3) is 1.79. The highest BCUT2D eigenvalue weighted by atomic mass is 16.2. The van der Waals surface area contributed by atoms with Crippen LogP contribution in [0.15, 0.2) is 30.3 Å². The van der Waals surface area contributed by atoms with E-state index in [9.17, 15) is 4.79 Å². The summed E-state index contributed by atoms with van der Waals surface area (Å²) in [7, 11) is 0. The van der Waals surface area contributed by atoms with Crippen LogP contribution in [0.4, 0.5) is 4.79 Å². The Balaban J connectivity index is 1.93. The van der Waals surface area contributed by atoms with E-state index in [1.807, 2.05) is 6.07 Å². The molecule has 3 rings (SSSR count). The van der Waals surface area contributed by atoms with Gasteiger partial charge >= 0.3 is 6.03 Å². The monoisotopic (exact) mass is 230 g/mol. The summed E-state index contributed by atoms with van der Waals surface area (Å²) in [6.07, 6.45) is 4.74. The molecule has 3 nitrogen and oxygen atoms in total. The average Bonchev–Trinajstić information content (AvgIpc) is 2.73. The van der Waals surface area contributed by atoms with E-state index in [0.29, 0.717) is 5.92 Å². The van der Waals surface area contributed by atoms with Gasteiger partial charge < -0.3 is 10.6 Å². The second kappa shape index (κ2) is 4.06. The van der Waals surface area contributed by atoms with Crippen molar-refractivity contribution in [3.8, 4) is 0 Å². The van der Waals surface area contributed by atoms with E-state index >= 15 is 0 Å². The molecule has 1 aliphatic carbocycles. The summed E-state index contributed by atoms with van der Waals surface area (Å²) in [4.78, 5) is 11.5. The summed E-state index contributed by atoms with van der Waals surface area (Å²) >= 11 is 0. The SMILES string of the molecule is O=C1NCC2(CCCCC2c2ccccc2)N1. The second-order valence-electron chi connectivity index (χ2n) is 5.17. The Bertz CT molecular complexity index is 417. The van der Waals surface area contributed by atoms with Crippen LogP contribution in [0, 0.1) is 0 Å². The predicted molar refractivity (Wildman–Crippen MR) is 66.9 cm³/mol. The number of carbonyl (C=O) groups is 1. The standard InChI is InChI=1S/C14H18N2O/c17-13-15-10-14(16-13)9-5-4-8-12(14)11-6-2-1-3-7-11/h1-3,6-7,12H,4-5,8-10H2,(H2,15,16,17). The molecule has 2 N–H and O–H groups in total. The van der Waals surface area contributed by atoms with Crippen molar-refractivity contribution in [3.05, 3.63) is 35.9 Å². The van der Waals surface area contributed by atoms with Crippen LogP contribution in [-0.2, 0) is 0 Å². The van der Waals surface area contributed by atoms with Crippen LogP contribution in [0.1, 0.15) is 37.2 Å². The first-order valence-corrected chi connectivity index (χ1v) is 6.41. The molecule has 2 atom stereocenters. The van der Waals surface area contributed by atoms with Gasteiger partial charge in [-0.25, -0.2) is 4.79 Å². The van der Waals surface area contributed by atoms with Crippen molar-refractivity contribution in [1.29, 1.82) is 0 Å². The van der Waals surface area contributed by atoms with Gasteiger partial charge in [-0.2, -0.15) is 0 Å². The van der Waals surface area contributed by atoms with Crippen molar-refractivity contribution in [3.63, 3.8) is 0 Å². The van der Waals surface area contributed by atoms with Crippen molar-refractivity contribution < 1.29 is 4.79 Å². The van der Waals surface area contributed by atoms with Gasteiger partial charge in [-0.3, -0.25) is 0 Å². The zero-order chi connectivity index (χ0) is 11.7. The Labute approximate surface area is 102 Å². The van der Waals surface area contributed by atoms with Crippen molar-refractivity contribution in [2.24, 2.45) is 0 Å². The molecule has 0 radical (unpaired) electrons. The first kappa shape index (κ1) is 10.6. The highest BCUT2D eigenvalue weighted by molar-refractivity contribution is 5.78. The van der Waals surface area contributed by atoms with Crippen LogP contribution in [-0.4, -0.2) is 18.1 Å². The minimum absolute atomic E-state index is 0.00664. The lowest BCUT2D eigenvalue weighted by Crippen LogP contribution is -2.50. The molecule has 1 aromatic carbocycles. The molecule has 17 heavy (non-hydrogen) atoms. The highest BCUT2D eigenvalue weighted by Gasteiger charge is 2.46. The molecule has 2 fully saturated rings. The van der Waals surface area contributed by atoms with Crippen molar-refractivity contribution in [1.82, 2.24) is 10.6 Å². The minimum Gasteiger partial charge on any atom is -0.336 e. The van der Waals surface area contributed by atoms with Crippen LogP contribution >= 0.6 is 0 Å². The lowest BCUT2D eigenvalue weighted by molar-refractivity contribution is 0.221. The Hall–Kier alpha value is -1.51. The molecule has 0 bridgehead atoms. The number of amides is 2. The highest BCUT2D eigenvalue weighted by Crippen LogP contribution is 2.41. The van der Waals surface area contributed by atoms with Gasteiger partial charge in [-0.05, 0) is 18.4 Å². The van der Waals surface area contributed by atoms with Crippen molar-refractivity contribution >= 4 is 6.03 Å². The van der Waals surface area contributed by atoms with E-state index in [1.165, 1.54) is 24.8 Å². The molecule has 3 heteroatoms. The fourth-order valence-electron chi connectivity index (χ4n) is 3.32. The summed E-state index contributed by atoms with van der Waals surface area (Å²) in [5.74, 6) is 0.455. The molecular weight excluding hydrogens is 212 g/mol. The second-order valence-corrected chi connectivity index (χ2v) is 5.17. The Kier molecular flexibility index (Phi) is 2.54. The maximum Gasteiger partial charge on any atom is 0.315 e. The first-order chi connectivity index (χ1) is 8.30. The maximum atomic E-state index is 11.5.